The van der Waals surface area contributed by atoms with Crippen molar-refractivity contribution in [3.63, 3.8) is 0 Å². The molecule has 1 heterocycles. The quantitative estimate of drug-likeness (QED) is 0.842. The van der Waals surface area contributed by atoms with Gasteiger partial charge in [-0.25, -0.2) is 13.6 Å². The van der Waals surface area contributed by atoms with Crippen molar-refractivity contribution in [1.29, 1.82) is 0 Å². The van der Waals surface area contributed by atoms with E-state index >= 15 is 0 Å². The van der Waals surface area contributed by atoms with Crippen LogP contribution in [-0.4, -0.2) is 18.1 Å². The number of carbonyl (C=O) groups is 2. The fraction of sp³-hybridized carbons (Fsp3) is 0.273. The SMILES string of the molecule is NC(=O)O[C@@H]1Cc2ccc(C(F)F)cc2NC1=O. The zero-order valence-corrected chi connectivity index (χ0v) is 9.15. The monoisotopic (exact) mass is 256 g/mol. The number of carbonyl (C=O) groups excluding carboxylic acids is 2. The van der Waals surface area contributed by atoms with Crippen LogP contribution in [0, 0.1) is 0 Å². The molecule has 1 aliphatic rings. The molecule has 2 amide bonds. The number of halogens is 2. The van der Waals surface area contributed by atoms with Gasteiger partial charge in [-0.3, -0.25) is 4.79 Å². The molecule has 1 aliphatic heterocycles. The van der Waals surface area contributed by atoms with E-state index in [1.165, 1.54) is 18.2 Å². The molecular formula is C11H10F2N2O3. The summed E-state index contributed by atoms with van der Waals surface area (Å²) in [5, 5.41) is 2.41. The number of primary amides is 1. The first-order valence-electron chi connectivity index (χ1n) is 5.15. The van der Waals surface area contributed by atoms with E-state index < -0.39 is 24.5 Å². The maximum Gasteiger partial charge on any atom is 0.405 e. The topological polar surface area (TPSA) is 81.4 Å². The minimum absolute atomic E-state index is 0.119. The second-order valence-electron chi connectivity index (χ2n) is 3.84. The molecule has 1 aromatic rings. The van der Waals surface area contributed by atoms with E-state index in [2.05, 4.69) is 10.1 Å². The smallest absolute Gasteiger partial charge is 0.405 e. The Hall–Kier alpha value is -2.18. The molecule has 96 valence electrons. The Morgan fingerprint density at radius 2 is 2.22 bits per heavy atom. The highest BCUT2D eigenvalue weighted by molar-refractivity contribution is 5.98. The molecule has 0 aromatic heterocycles. The molecule has 2 rings (SSSR count). The molecule has 0 bridgehead atoms. The van der Waals surface area contributed by atoms with Crippen molar-refractivity contribution in [1.82, 2.24) is 0 Å². The Kier molecular flexibility index (Phi) is 3.14. The van der Waals surface area contributed by atoms with Crippen molar-refractivity contribution < 1.29 is 23.1 Å². The van der Waals surface area contributed by atoms with Crippen LogP contribution in [0.3, 0.4) is 0 Å². The molecule has 0 spiro atoms. The number of alkyl halides is 2. The summed E-state index contributed by atoms with van der Waals surface area (Å²) in [6.07, 6.45) is -4.56. The zero-order valence-electron chi connectivity index (χ0n) is 9.15. The molecule has 7 heteroatoms. The zero-order chi connectivity index (χ0) is 13.3. The third kappa shape index (κ3) is 2.39. The van der Waals surface area contributed by atoms with Crippen LogP contribution < -0.4 is 11.1 Å². The van der Waals surface area contributed by atoms with Gasteiger partial charge in [-0.05, 0) is 11.6 Å². The van der Waals surface area contributed by atoms with Crippen molar-refractivity contribution in [2.24, 2.45) is 5.73 Å². The van der Waals surface area contributed by atoms with Crippen LogP contribution in [0.25, 0.3) is 0 Å². The molecule has 0 radical (unpaired) electrons. The van der Waals surface area contributed by atoms with E-state index in [1.54, 1.807) is 0 Å². The van der Waals surface area contributed by atoms with Gasteiger partial charge in [-0.15, -0.1) is 0 Å². The van der Waals surface area contributed by atoms with Gasteiger partial charge in [-0.2, -0.15) is 0 Å². The van der Waals surface area contributed by atoms with Crippen LogP contribution in [0.15, 0.2) is 18.2 Å². The number of anilines is 1. The van der Waals surface area contributed by atoms with Crippen LogP contribution in [0.4, 0.5) is 19.3 Å². The fourth-order valence-electron chi connectivity index (χ4n) is 1.77. The normalized spacial score (nSPS) is 18.2. The van der Waals surface area contributed by atoms with E-state index in [9.17, 15) is 18.4 Å². The summed E-state index contributed by atoms with van der Waals surface area (Å²) in [4.78, 5) is 22.1. The summed E-state index contributed by atoms with van der Waals surface area (Å²) in [6.45, 7) is 0. The number of nitrogens with two attached hydrogens (primary N) is 1. The van der Waals surface area contributed by atoms with Gasteiger partial charge in [0.1, 0.15) is 0 Å². The Morgan fingerprint density at radius 1 is 1.50 bits per heavy atom. The number of nitrogens with one attached hydrogen (secondary N) is 1. The van der Waals surface area contributed by atoms with Gasteiger partial charge in [0.25, 0.3) is 12.3 Å². The lowest BCUT2D eigenvalue weighted by molar-refractivity contribution is -0.124. The van der Waals surface area contributed by atoms with Gasteiger partial charge < -0.3 is 15.8 Å². The predicted octanol–water partition coefficient (Wildman–Crippen LogP) is 1.58. The molecule has 18 heavy (non-hydrogen) atoms. The average molecular weight is 256 g/mol. The summed E-state index contributed by atoms with van der Waals surface area (Å²) < 4.78 is 29.6. The maximum atomic E-state index is 12.5. The molecule has 1 atom stereocenters. The number of hydrogen-bond acceptors (Lipinski definition) is 3. The minimum Gasteiger partial charge on any atom is -0.436 e. The lowest BCUT2D eigenvalue weighted by Crippen LogP contribution is -2.39. The van der Waals surface area contributed by atoms with Crippen molar-refractivity contribution in [2.45, 2.75) is 19.0 Å². The number of fused-ring (bicyclic) bond motifs is 1. The van der Waals surface area contributed by atoms with Crippen LogP contribution in [-0.2, 0) is 16.0 Å². The molecule has 3 N–H and O–H groups in total. The molecule has 0 unspecified atom stereocenters. The van der Waals surface area contributed by atoms with Crippen molar-refractivity contribution in [3.05, 3.63) is 29.3 Å². The number of benzene rings is 1. The van der Waals surface area contributed by atoms with Gasteiger partial charge >= 0.3 is 6.09 Å². The summed E-state index contributed by atoms with van der Waals surface area (Å²) in [6, 6.07) is 3.94. The molecule has 0 saturated carbocycles. The Morgan fingerprint density at radius 3 is 2.83 bits per heavy atom. The summed E-state index contributed by atoms with van der Waals surface area (Å²) in [7, 11) is 0. The number of rotatable bonds is 2. The summed E-state index contributed by atoms with van der Waals surface area (Å²) >= 11 is 0. The van der Waals surface area contributed by atoms with Crippen LogP contribution >= 0.6 is 0 Å². The standard InChI is InChI=1S/C11H10F2N2O3/c12-9(13)6-2-1-5-4-8(18-11(14)17)10(16)15-7(5)3-6/h1-3,8-9H,4H2,(H2,14,17)(H,15,16)/t8-/m1/s1. The van der Waals surface area contributed by atoms with E-state index in [-0.39, 0.29) is 12.0 Å². The van der Waals surface area contributed by atoms with Crippen molar-refractivity contribution in [2.75, 3.05) is 5.32 Å². The first-order chi connectivity index (χ1) is 8.47. The predicted molar refractivity (Wildman–Crippen MR) is 58.2 cm³/mol. The van der Waals surface area contributed by atoms with Gasteiger partial charge in [0, 0.05) is 17.7 Å². The van der Waals surface area contributed by atoms with Gasteiger partial charge in [0.15, 0.2) is 6.10 Å². The Labute approximate surface area is 101 Å². The maximum absolute atomic E-state index is 12.5. The van der Waals surface area contributed by atoms with Crippen LogP contribution in [0.2, 0.25) is 0 Å². The first kappa shape index (κ1) is 12.3. The van der Waals surface area contributed by atoms with Crippen LogP contribution in [0.5, 0.6) is 0 Å². The van der Waals surface area contributed by atoms with E-state index in [0.29, 0.717) is 11.3 Å². The molecule has 0 fully saturated rings. The highest BCUT2D eigenvalue weighted by atomic mass is 19.3. The second kappa shape index (κ2) is 4.59. The van der Waals surface area contributed by atoms with Crippen LogP contribution in [0.1, 0.15) is 17.6 Å². The molecule has 1 aromatic carbocycles. The van der Waals surface area contributed by atoms with Gasteiger partial charge in [-0.1, -0.05) is 12.1 Å². The summed E-state index contributed by atoms with van der Waals surface area (Å²) in [5.74, 6) is -0.576. The van der Waals surface area contributed by atoms with Crippen molar-refractivity contribution >= 4 is 17.7 Å². The summed E-state index contributed by atoms with van der Waals surface area (Å²) in [5.41, 5.74) is 5.58. The molecule has 5 nitrogen and oxygen atoms in total. The molecular weight excluding hydrogens is 246 g/mol. The number of ether oxygens (including phenoxy) is 1. The largest absolute Gasteiger partial charge is 0.436 e. The second-order valence-corrected chi connectivity index (χ2v) is 3.84. The Bertz CT molecular complexity index is 505. The first-order valence-corrected chi connectivity index (χ1v) is 5.15. The average Bonchev–Trinajstić information content (AvgIpc) is 2.28. The number of hydrogen-bond donors (Lipinski definition) is 2. The van der Waals surface area contributed by atoms with E-state index in [1.807, 2.05) is 0 Å². The Balaban J connectivity index is 2.25. The van der Waals surface area contributed by atoms with E-state index in [0.717, 1.165) is 0 Å². The van der Waals surface area contributed by atoms with Gasteiger partial charge in [0.2, 0.25) is 0 Å². The molecule has 0 aliphatic carbocycles. The van der Waals surface area contributed by atoms with Crippen molar-refractivity contribution in [3.8, 4) is 0 Å². The van der Waals surface area contributed by atoms with Gasteiger partial charge in [0.05, 0.1) is 0 Å². The lowest BCUT2D eigenvalue weighted by atomic mass is 9.99. The third-order valence-corrected chi connectivity index (χ3v) is 2.60. The van der Waals surface area contributed by atoms with E-state index in [4.69, 9.17) is 5.73 Å². The highest BCUT2D eigenvalue weighted by Crippen LogP contribution is 2.29. The number of amides is 2. The lowest BCUT2D eigenvalue weighted by Gasteiger charge is -2.24. The minimum atomic E-state index is -2.60. The third-order valence-electron chi connectivity index (χ3n) is 2.60. The molecule has 0 saturated heterocycles. The highest BCUT2D eigenvalue weighted by Gasteiger charge is 2.29. The fourth-order valence-corrected chi connectivity index (χ4v) is 1.77.